The van der Waals surface area contributed by atoms with Crippen LogP contribution in [0.4, 0.5) is 0 Å². The van der Waals surface area contributed by atoms with Crippen molar-refractivity contribution in [3.05, 3.63) is 55.7 Å². The lowest BCUT2D eigenvalue weighted by Crippen LogP contribution is -2.22. The minimum Gasteiger partial charge on any atom is -0.387 e. The Kier molecular flexibility index (Phi) is 3.30. The quantitative estimate of drug-likeness (QED) is 0.938. The van der Waals surface area contributed by atoms with Crippen molar-refractivity contribution in [2.45, 2.75) is 12.6 Å². The van der Waals surface area contributed by atoms with E-state index in [0.29, 0.717) is 5.88 Å². The summed E-state index contributed by atoms with van der Waals surface area (Å²) in [5.74, 6) is 0.445. The summed E-state index contributed by atoms with van der Waals surface area (Å²) in [4.78, 5) is 7.93. The Hall–Kier alpha value is -1.01. The van der Waals surface area contributed by atoms with E-state index >= 15 is 0 Å². The molecule has 0 radical (unpaired) electrons. The summed E-state index contributed by atoms with van der Waals surface area (Å²) < 4.78 is 0.778. The van der Waals surface area contributed by atoms with E-state index < -0.39 is 0 Å². The Bertz CT molecular complexity index is 564. The van der Waals surface area contributed by atoms with Crippen LogP contribution < -0.4 is 5.73 Å². The van der Waals surface area contributed by atoms with Crippen LogP contribution in [-0.2, 0) is 11.4 Å². The lowest BCUT2D eigenvalue weighted by Gasteiger charge is -2.20. The van der Waals surface area contributed by atoms with Gasteiger partial charge in [0.2, 0.25) is 5.88 Å². The van der Waals surface area contributed by atoms with E-state index in [1.807, 2.05) is 29.3 Å². The van der Waals surface area contributed by atoms with Crippen molar-refractivity contribution in [3.8, 4) is 0 Å². The van der Waals surface area contributed by atoms with Crippen molar-refractivity contribution in [2.75, 3.05) is 0 Å². The van der Waals surface area contributed by atoms with Gasteiger partial charge in [0.1, 0.15) is 6.04 Å². The van der Waals surface area contributed by atoms with Gasteiger partial charge in [-0.1, -0.05) is 17.7 Å². The molecule has 1 atom stereocenters. The van der Waals surface area contributed by atoms with Gasteiger partial charge in [-0.05, 0) is 23.6 Å². The summed E-state index contributed by atoms with van der Waals surface area (Å²) >= 11 is 9.23. The Labute approximate surface area is 118 Å². The standard InChI is InChI=1S/C12H11ClN2OS2/c13-11-4-3-10(18-11)9-6-12(14)16-15(9)7-8-2-1-5-17-8/h1-6,9H,7,14H2. The van der Waals surface area contributed by atoms with E-state index in [-0.39, 0.29) is 6.04 Å². The smallest absolute Gasteiger partial charge is 0.207 e. The van der Waals surface area contributed by atoms with Gasteiger partial charge in [0.25, 0.3) is 0 Å². The molecule has 0 saturated carbocycles. The third-order valence-corrected chi connectivity index (χ3v) is 4.80. The largest absolute Gasteiger partial charge is 0.387 e. The molecule has 0 fully saturated rings. The number of hydrogen-bond acceptors (Lipinski definition) is 5. The highest BCUT2D eigenvalue weighted by molar-refractivity contribution is 7.16. The number of rotatable bonds is 3. The minimum atomic E-state index is 0.0459. The summed E-state index contributed by atoms with van der Waals surface area (Å²) in [5, 5.41) is 3.93. The molecule has 94 valence electrons. The Morgan fingerprint density at radius 3 is 2.94 bits per heavy atom. The molecule has 0 saturated heterocycles. The molecule has 2 aromatic rings. The molecule has 0 spiro atoms. The fraction of sp³-hybridized carbons (Fsp3) is 0.167. The first-order valence-electron chi connectivity index (χ1n) is 5.42. The second kappa shape index (κ2) is 4.93. The normalized spacial score (nSPS) is 19.8. The monoisotopic (exact) mass is 298 g/mol. The van der Waals surface area contributed by atoms with Crippen LogP contribution in [0.2, 0.25) is 4.34 Å². The fourth-order valence-electron chi connectivity index (χ4n) is 1.86. The van der Waals surface area contributed by atoms with Crippen LogP contribution in [0.25, 0.3) is 0 Å². The van der Waals surface area contributed by atoms with Crippen LogP contribution in [0, 0.1) is 0 Å². The number of nitrogens with zero attached hydrogens (tertiary/aromatic N) is 1. The lowest BCUT2D eigenvalue weighted by atomic mass is 10.2. The first kappa shape index (κ1) is 12.0. The molecule has 1 unspecified atom stereocenters. The summed E-state index contributed by atoms with van der Waals surface area (Å²) in [7, 11) is 0. The number of thiophene rings is 2. The predicted octanol–water partition coefficient (Wildman–Crippen LogP) is 3.75. The van der Waals surface area contributed by atoms with E-state index in [2.05, 4.69) is 11.4 Å². The maximum absolute atomic E-state index is 5.97. The zero-order chi connectivity index (χ0) is 12.5. The molecular formula is C12H11ClN2OS2. The van der Waals surface area contributed by atoms with Crippen molar-refractivity contribution in [2.24, 2.45) is 5.73 Å². The van der Waals surface area contributed by atoms with E-state index in [1.54, 1.807) is 22.7 Å². The molecule has 1 aliphatic heterocycles. The molecule has 0 aliphatic carbocycles. The maximum Gasteiger partial charge on any atom is 0.207 e. The average Bonchev–Trinajstić information content (AvgIpc) is 3.01. The second-order valence-electron chi connectivity index (χ2n) is 3.90. The Morgan fingerprint density at radius 2 is 2.28 bits per heavy atom. The SMILES string of the molecule is NC1=CC(c2ccc(Cl)s2)N(Cc2cccs2)O1. The molecule has 18 heavy (non-hydrogen) atoms. The van der Waals surface area contributed by atoms with Crippen LogP contribution in [0.3, 0.4) is 0 Å². The van der Waals surface area contributed by atoms with Gasteiger partial charge >= 0.3 is 0 Å². The third-order valence-electron chi connectivity index (χ3n) is 2.63. The first-order chi connectivity index (χ1) is 8.72. The molecule has 0 amide bonds. The fourth-order valence-corrected chi connectivity index (χ4v) is 3.68. The molecule has 3 nitrogen and oxygen atoms in total. The van der Waals surface area contributed by atoms with Gasteiger partial charge < -0.3 is 10.6 Å². The maximum atomic E-state index is 5.97. The summed E-state index contributed by atoms with van der Waals surface area (Å²) in [6.07, 6.45) is 1.91. The van der Waals surface area contributed by atoms with E-state index in [0.717, 1.165) is 15.8 Å². The van der Waals surface area contributed by atoms with Crippen molar-refractivity contribution in [3.63, 3.8) is 0 Å². The number of hydrogen-bond donors (Lipinski definition) is 1. The molecular weight excluding hydrogens is 288 g/mol. The Balaban J connectivity index is 1.82. The third kappa shape index (κ3) is 2.40. The molecule has 2 aromatic heterocycles. The van der Waals surface area contributed by atoms with Crippen LogP contribution in [0.5, 0.6) is 0 Å². The van der Waals surface area contributed by atoms with Gasteiger partial charge in [0, 0.05) is 15.8 Å². The average molecular weight is 299 g/mol. The predicted molar refractivity (Wildman–Crippen MR) is 75.3 cm³/mol. The van der Waals surface area contributed by atoms with Crippen LogP contribution >= 0.6 is 34.3 Å². The number of hydroxylamine groups is 2. The summed E-state index contributed by atoms with van der Waals surface area (Å²) in [5.41, 5.74) is 5.76. The molecule has 0 bridgehead atoms. The van der Waals surface area contributed by atoms with Gasteiger partial charge in [-0.15, -0.1) is 27.7 Å². The zero-order valence-corrected chi connectivity index (χ0v) is 11.8. The molecule has 0 aromatic carbocycles. The van der Waals surface area contributed by atoms with Crippen LogP contribution in [0.1, 0.15) is 15.8 Å². The molecule has 2 N–H and O–H groups in total. The zero-order valence-electron chi connectivity index (χ0n) is 9.38. The summed E-state index contributed by atoms with van der Waals surface area (Å²) in [6.45, 7) is 0.717. The second-order valence-corrected chi connectivity index (χ2v) is 6.68. The van der Waals surface area contributed by atoms with Gasteiger partial charge in [0.15, 0.2) is 0 Å². The van der Waals surface area contributed by atoms with Gasteiger partial charge in [-0.2, -0.15) is 0 Å². The van der Waals surface area contributed by atoms with E-state index in [1.165, 1.54) is 4.88 Å². The lowest BCUT2D eigenvalue weighted by molar-refractivity contribution is -0.126. The van der Waals surface area contributed by atoms with Crippen molar-refractivity contribution < 1.29 is 4.84 Å². The van der Waals surface area contributed by atoms with Gasteiger partial charge in [-0.25, -0.2) is 0 Å². The molecule has 1 aliphatic rings. The van der Waals surface area contributed by atoms with Gasteiger partial charge in [0.05, 0.1) is 10.9 Å². The molecule has 3 rings (SSSR count). The highest BCUT2D eigenvalue weighted by Gasteiger charge is 2.28. The van der Waals surface area contributed by atoms with Crippen LogP contribution in [0.15, 0.2) is 41.6 Å². The number of halogens is 1. The minimum absolute atomic E-state index is 0.0459. The summed E-state index contributed by atoms with van der Waals surface area (Å²) in [6, 6.07) is 8.07. The van der Waals surface area contributed by atoms with Gasteiger partial charge in [-0.3, -0.25) is 0 Å². The van der Waals surface area contributed by atoms with Crippen molar-refractivity contribution in [1.82, 2.24) is 5.06 Å². The highest BCUT2D eigenvalue weighted by Crippen LogP contribution is 2.36. The van der Waals surface area contributed by atoms with Crippen LogP contribution in [-0.4, -0.2) is 5.06 Å². The topological polar surface area (TPSA) is 38.5 Å². The first-order valence-corrected chi connectivity index (χ1v) is 7.49. The van der Waals surface area contributed by atoms with Crippen molar-refractivity contribution >= 4 is 34.3 Å². The molecule has 6 heteroatoms. The van der Waals surface area contributed by atoms with Crippen molar-refractivity contribution in [1.29, 1.82) is 0 Å². The number of nitrogens with two attached hydrogens (primary N) is 1. The van der Waals surface area contributed by atoms with E-state index in [4.69, 9.17) is 22.2 Å². The Morgan fingerprint density at radius 1 is 1.39 bits per heavy atom. The molecule has 3 heterocycles. The van der Waals surface area contributed by atoms with E-state index in [9.17, 15) is 0 Å². The highest BCUT2D eigenvalue weighted by atomic mass is 35.5.